The lowest BCUT2D eigenvalue weighted by Crippen LogP contribution is -2.27. The van der Waals surface area contributed by atoms with Gasteiger partial charge in [-0.3, -0.25) is 14.7 Å². The van der Waals surface area contributed by atoms with Gasteiger partial charge in [-0.2, -0.15) is 0 Å². The first-order valence-corrected chi connectivity index (χ1v) is 12.1. The van der Waals surface area contributed by atoms with Gasteiger partial charge in [0.2, 0.25) is 0 Å². The van der Waals surface area contributed by atoms with Gasteiger partial charge >= 0.3 is 0 Å². The van der Waals surface area contributed by atoms with E-state index in [1.54, 1.807) is 62.4 Å². The van der Waals surface area contributed by atoms with Crippen LogP contribution in [0, 0.1) is 5.82 Å². The van der Waals surface area contributed by atoms with E-state index < -0.39 is 5.82 Å². The van der Waals surface area contributed by atoms with Crippen molar-refractivity contribution in [2.24, 2.45) is 0 Å². The molecule has 0 spiro atoms. The lowest BCUT2D eigenvalue weighted by atomic mass is 10.0. The van der Waals surface area contributed by atoms with E-state index in [-0.39, 0.29) is 10.8 Å². The second-order valence-electron chi connectivity index (χ2n) is 8.87. The fraction of sp³-hybridized carbons (Fsp3) is 0.207. The Labute approximate surface area is 213 Å². The Morgan fingerprint density at radius 2 is 1.92 bits per heavy atom. The highest BCUT2D eigenvalue weighted by Crippen LogP contribution is 2.29. The SMILES string of the molecule is COc1cccc(-c2cc3occ(CN(CCCn4ccnc4)Cc4ccncc4)c(=O)c3cc2F)c1. The number of fused-ring (bicyclic) bond motifs is 1. The molecular formula is C29H27FN4O3. The molecule has 3 aromatic heterocycles. The smallest absolute Gasteiger partial charge is 0.197 e. The minimum Gasteiger partial charge on any atom is -0.497 e. The van der Waals surface area contributed by atoms with E-state index in [0.717, 1.165) is 25.1 Å². The predicted octanol–water partition coefficient (Wildman–Crippen LogP) is 5.29. The lowest BCUT2D eigenvalue weighted by molar-refractivity contribution is 0.246. The Bertz CT molecular complexity index is 1530. The minimum atomic E-state index is -0.487. The zero-order valence-corrected chi connectivity index (χ0v) is 20.5. The molecule has 0 aliphatic carbocycles. The van der Waals surface area contributed by atoms with Crippen molar-refractivity contribution in [1.82, 2.24) is 19.4 Å². The fourth-order valence-corrected chi connectivity index (χ4v) is 4.41. The Balaban J connectivity index is 1.41. The number of rotatable bonds is 10. The van der Waals surface area contributed by atoms with Crippen molar-refractivity contribution in [3.05, 3.63) is 113 Å². The lowest BCUT2D eigenvalue weighted by Gasteiger charge is -2.22. The molecule has 0 bridgehead atoms. The average molecular weight is 499 g/mol. The van der Waals surface area contributed by atoms with Crippen molar-refractivity contribution in [1.29, 1.82) is 0 Å². The number of ether oxygens (including phenoxy) is 1. The van der Waals surface area contributed by atoms with Gasteiger partial charge in [0.25, 0.3) is 0 Å². The van der Waals surface area contributed by atoms with Gasteiger partial charge in [-0.1, -0.05) is 12.1 Å². The van der Waals surface area contributed by atoms with E-state index >= 15 is 4.39 Å². The van der Waals surface area contributed by atoms with E-state index in [0.29, 0.717) is 41.1 Å². The molecule has 7 nitrogen and oxygen atoms in total. The zero-order chi connectivity index (χ0) is 25.6. The molecule has 0 N–H and O–H groups in total. The highest BCUT2D eigenvalue weighted by Gasteiger charge is 2.16. The standard InChI is InChI=1S/C29H27FN4O3/c1-36-24-5-2-4-22(14-24)25-16-28-26(15-27(25)30)29(35)23(19-37-28)18-34(17-21-6-8-31-9-7-21)12-3-11-33-13-10-32-20-33/h2,4-10,13-16,19-20H,3,11-12,17-18H2,1H3. The molecule has 0 saturated carbocycles. The molecule has 0 aliphatic heterocycles. The molecule has 2 aromatic carbocycles. The number of halogens is 1. The van der Waals surface area contributed by atoms with Gasteiger partial charge in [-0.05, 0) is 53.9 Å². The maximum absolute atomic E-state index is 15.2. The van der Waals surface area contributed by atoms with Crippen LogP contribution in [0.25, 0.3) is 22.1 Å². The number of aryl methyl sites for hydroxylation is 1. The Kier molecular flexibility index (Phi) is 7.37. The minimum absolute atomic E-state index is 0.226. The number of aromatic nitrogens is 3. The normalized spacial score (nSPS) is 11.3. The quantitative estimate of drug-likeness (QED) is 0.260. The summed E-state index contributed by atoms with van der Waals surface area (Å²) >= 11 is 0. The van der Waals surface area contributed by atoms with E-state index in [2.05, 4.69) is 14.9 Å². The molecule has 0 unspecified atom stereocenters. The third-order valence-corrected chi connectivity index (χ3v) is 6.31. The number of hydrogen-bond donors (Lipinski definition) is 0. The van der Waals surface area contributed by atoms with Crippen molar-refractivity contribution >= 4 is 11.0 Å². The number of methoxy groups -OCH3 is 1. The van der Waals surface area contributed by atoms with Crippen LogP contribution in [0.2, 0.25) is 0 Å². The Morgan fingerprint density at radius 3 is 2.70 bits per heavy atom. The van der Waals surface area contributed by atoms with Crippen LogP contribution in [0.4, 0.5) is 4.39 Å². The van der Waals surface area contributed by atoms with Gasteiger partial charge < -0.3 is 13.7 Å². The second-order valence-corrected chi connectivity index (χ2v) is 8.87. The van der Waals surface area contributed by atoms with Crippen LogP contribution in [-0.4, -0.2) is 33.1 Å². The molecule has 0 fully saturated rings. The number of imidazole rings is 1. The number of benzene rings is 2. The van der Waals surface area contributed by atoms with Crippen LogP contribution < -0.4 is 10.2 Å². The van der Waals surface area contributed by atoms with E-state index in [1.165, 1.54) is 12.3 Å². The topological polar surface area (TPSA) is 73.4 Å². The molecule has 0 aliphatic rings. The summed E-state index contributed by atoms with van der Waals surface area (Å²) in [5, 5.41) is 0.226. The highest BCUT2D eigenvalue weighted by atomic mass is 19.1. The van der Waals surface area contributed by atoms with Gasteiger partial charge in [0, 0.05) is 62.1 Å². The van der Waals surface area contributed by atoms with Crippen molar-refractivity contribution in [2.75, 3.05) is 13.7 Å². The molecule has 3 heterocycles. The maximum Gasteiger partial charge on any atom is 0.197 e. The summed E-state index contributed by atoms with van der Waals surface area (Å²) in [7, 11) is 1.56. The molecule has 0 amide bonds. The molecule has 0 atom stereocenters. The monoisotopic (exact) mass is 498 g/mol. The summed E-state index contributed by atoms with van der Waals surface area (Å²) < 4.78 is 28.3. The first-order chi connectivity index (χ1) is 18.1. The molecular weight excluding hydrogens is 471 g/mol. The summed E-state index contributed by atoms with van der Waals surface area (Å²) in [5.41, 5.74) is 2.68. The van der Waals surface area contributed by atoms with Crippen LogP contribution in [0.3, 0.4) is 0 Å². The van der Waals surface area contributed by atoms with Gasteiger partial charge in [-0.15, -0.1) is 0 Å². The average Bonchev–Trinajstić information content (AvgIpc) is 3.44. The summed E-state index contributed by atoms with van der Waals surface area (Å²) in [6, 6.07) is 13.9. The van der Waals surface area contributed by atoms with Crippen molar-refractivity contribution < 1.29 is 13.5 Å². The third-order valence-electron chi connectivity index (χ3n) is 6.31. The summed E-state index contributed by atoms with van der Waals surface area (Å²) in [6.45, 7) is 2.59. The summed E-state index contributed by atoms with van der Waals surface area (Å²) in [5.74, 6) is 0.135. The number of pyridine rings is 1. The molecule has 5 aromatic rings. The maximum atomic E-state index is 15.2. The van der Waals surface area contributed by atoms with Gasteiger partial charge in [0.15, 0.2) is 5.43 Å². The predicted molar refractivity (Wildman–Crippen MR) is 140 cm³/mol. The second kappa shape index (κ2) is 11.2. The van der Waals surface area contributed by atoms with E-state index in [9.17, 15) is 4.79 Å². The van der Waals surface area contributed by atoms with Crippen molar-refractivity contribution in [3.63, 3.8) is 0 Å². The first kappa shape index (κ1) is 24.4. The third kappa shape index (κ3) is 5.76. The zero-order valence-electron chi connectivity index (χ0n) is 20.5. The molecule has 0 radical (unpaired) electrons. The first-order valence-electron chi connectivity index (χ1n) is 12.1. The van der Waals surface area contributed by atoms with Crippen molar-refractivity contribution in [2.45, 2.75) is 26.1 Å². The number of hydrogen-bond acceptors (Lipinski definition) is 6. The Morgan fingerprint density at radius 1 is 1.05 bits per heavy atom. The van der Waals surface area contributed by atoms with Crippen LogP contribution in [-0.2, 0) is 19.6 Å². The summed E-state index contributed by atoms with van der Waals surface area (Å²) in [6.07, 6.45) is 11.4. The van der Waals surface area contributed by atoms with Crippen LogP contribution in [0.1, 0.15) is 17.5 Å². The van der Waals surface area contributed by atoms with Crippen molar-refractivity contribution in [3.8, 4) is 16.9 Å². The van der Waals surface area contributed by atoms with E-state index in [1.807, 2.05) is 22.9 Å². The molecule has 8 heteroatoms. The largest absolute Gasteiger partial charge is 0.497 e. The fourth-order valence-electron chi connectivity index (χ4n) is 4.41. The van der Waals surface area contributed by atoms with Gasteiger partial charge in [0.1, 0.15) is 17.1 Å². The molecule has 5 rings (SSSR count). The highest BCUT2D eigenvalue weighted by molar-refractivity contribution is 5.83. The van der Waals surface area contributed by atoms with E-state index in [4.69, 9.17) is 9.15 Å². The number of nitrogens with zero attached hydrogens (tertiary/aromatic N) is 4. The van der Waals surface area contributed by atoms with Gasteiger partial charge in [-0.25, -0.2) is 9.37 Å². The summed E-state index contributed by atoms with van der Waals surface area (Å²) in [4.78, 5) is 23.7. The molecule has 188 valence electrons. The molecule has 0 saturated heterocycles. The van der Waals surface area contributed by atoms with Crippen LogP contribution >= 0.6 is 0 Å². The Hall–Kier alpha value is -4.30. The van der Waals surface area contributed by atoms with Gasteiger partial charge in [0.05, 0.1) is 25.1 Å². The van der Waals surface area contributed by atoms with Crippen LogP contribution in [0.5, 0.6) is 5.75 Å². The molecule has 37 heavy (non-hydrogen) atoms. The van der Waals surface area contributed by atoms with Crippen LogP contribution in [0.15, 0.2) is 95.1 Å².